The molecule has 0 atom stereocenters. The molecule has 0 aliphatic carbocycles. The molecule has 168 valence electrons. The SMILES string of the molecule is COc1ccc(C2=C(Nc3cccc(C(F)(F)F)c3)C(=O)N(Cc3ccncc3)C2=O)cc1. The van der Waals surface area contributed by atoms with Crippen molar-refractivity contribution < 1.29 is 27.5 Å². The van der Waals surface area contributed by atoms with Gasteiger partial charge in [-0.3, -0.25) is 19.5 Å². The molecule has 1 aliphatic heterocycles. The molecule has 1 aliphatic rings. The van der Waals surface area contributed by atoms with E-state index in [9.17, 15) is 22.8 Å². The van der Waals surface area contributed by atoms with E-state index in [0.717, 1.165) is 17.0 Å². The molecule has 3 aromatic rings. The second-order valence-electron chi connectivity index (χ2n) is 7.23. The largest absolute Gasteiger partial charge is 0.497 e. The number of benzene rings is 2. The Kier molecular flexibility index (Phi) is 5.87. The highest BCUT2D eigenvalue weighted by atomic mass is 19.4. The zero-order valence-electron chi connectivity index (χ0n) is 17.4. The lowest BCUT2D eigenvalue weighted by molar-refractivity contribution is -0.138. The number of nitrogens with one attached hydrogen (secondary N) is 1. The lowest BCUT2D eigenvalue weighted by Gasteiger charge is -2.15. The lowest BCUT2D eigenvalue weighted by atomic mass is 10.0. The Balaban J connectivity index is 1.75. The van der Waals surface area contributed by atoms with Crippen molar-refractivity contribution in [3.05, 3.63) is 95.4 Å². The van der Waals surface area contributed by atoms with Gasteiger partial charge in [0.15, 0.2) is 0 Å². The van der Waals surface area contributed by atoms with Crippen LogP contribution in [0.25, 0.3) is 5.57 Å². The minimum absolute atomic E-state index is 0.00634. The van der Waals surface area contributed by atoms with E-state index in [4.69, 9.17) is 4.74 Å². The van der Waals surface area contributed by atoms with Gasteiger partial charge in [-0.05, 0) is 53.6 Å². The van der Waals surface area contributed by atoms with Gasteiger partial charge in [-0.1, -0.05) is 18.2 Å². The van der Waals surface area contributed by atoms with Gasteiger partial charge in [0.1, 0.15) is 11.4 Å². The van der Waals surface area contributed by atoms with Crippen molar-refractivity contribution >= 4 is 23.1 Å². The first kappa shape index (κ1) is 22.1. The Hall–Kier alpha value is -4.14. The van der Waals surface area contributed by atoms with Gasteiger partial charge in [-0.2, -0.15) is 13.2 Å². The van der Waals surface area contributed by atoms with Gasteiger partial charge < -0.3 is 10.1 Å². The van der Waals surface area contributed by atoms with Crippen LogP contribution in [0.2, 0.25) is 0 Å². The van der Waals surface area contributed by atoms with Crippen molar-refractivity contribution in [3.63, 3.8) is 0 Å². The lowest BCUT2D eigenvalue weighted by Crippen LogP contribution is -2.32. The molecular formula is C24H18F3N3O3. The highest BCUT2D eigenvalue weighted by Crippen LogP contribution is 2.34. The molecule has 33 heavy (non-hydrogen) atoms. The molecule has 1 N–H and O–H groups in total. The maximum absolute atomic E-state index is 13.3. The van der Waals surface area contributed by atoms with Gasteiger partial charge in [0.05, 0.1) is 24.8 Å². The van der Waals surface area contributed by atoms with Crippen molar-refractivity contribution in [1.29, 1.82) is 0 Å². The zero-order valence-corrected chi connectivity index (χ0v) is 17.4. The van der Waals surface area contributed by atoms with Crippen molar-refractivity contribution in [2.45, 2.75) is 12.7 Å². The Morgan fingerprint density at radius 2 is 1.67 bits per heavy atom. The van der Waals surface area contributed by atoms with Gasteiger partial charge in [0.2, 0.25) is 0 Å². The fraction of sp³-hybridized carbons (Fsp3) is 0.125. The Morgan fingerprint density at radius 3 is 2.30 bits per heavy atom. The number of carbonyl (C=O) groups excluding carboxylic acids is 2. The first-order valence-corrected chi connectivity index (χ1v) is 9.86. The monoisotopic (exact) mass is 453 g/mol. The first-order valence-electron chi connectivity index (χ1n) is 9.86. The molecule has 9 heteroatoms. The van der Waals surface area contributed by atoms with E-state index in [1.54, 1.807) is 48.8 Å². The second-order valence-corrected chi connectivity index (χ2v) is 7.23. The number of amides is 2. The summed E-state index contributed by atoms with van der Waals surface area (Å²) in [5.41, 5.74) is 0.247. The molecule has 1 aromatic heterocycles. The molecule has 0 bridgehead atoms. The molecule has 0 saturated heterocycles. The quantitative estimate of drug-likeness (QED) is 0.557. The minimum Gasteiger partial charge on any atom is -0.497 e. The van der Waals surface area contributed by atoms with Crippen LogP contribution in [0.4, 0.5) is 18.9 Å². The number of nitrogens with zero attached hydrogens (tertiary/aromatic N) is 2. The molecule has 2 amide bonds. The fourth-order valence-electron chi connectivity index (χ4n) is 3.45. The summed E-state index contributed by atoms with van der Waals surface area (Å²) in [6.07, 6.45) is -1.46. The van der Waals surface area contributed by atoms with Gasteiger partial charge in [-0.25, -0.2) is 0 Å². The number of rotatable bonds is 6. The predicted molar refractivity (Wildman–Crippen MR) is 115 cm³/mol. The summed E-state index contributed by atoms with van der Waals surface area (Å²) in [4.78, 5) is 31.5. The third-order valence-electron chi connectivity index (χ3n) is 5.10. The summed E-state index contributed by atoms with van der Waals surface area (Å²) >= 11 is 0. The van der Waals surface area contributed by atoms with Crippen LogP contribution in [0.3, 0.4) is 0 Å². The molecule has 2 aromatic carbocycles. The summed E-state index contributed by atoms with van der Waals surface area (Å²) < 4.78 is 44.6. The average Bonchev–Trinajstić information content (AvgIpc) is 3.03. The van der Waals surface area contributed by atoms with Crippen LogP contribution >= 0.6 is 0 Å². The van der Waals surface area contributed by atoms with Crippen LogP contribution in [0.15, 0.2) is 78.8 Å². The highest BCUT2D eigenvalue weighted by molar-refractivity contribution is 6.36. The maximum Gasteiger partial charge on any atom is 0.416 e. The number of methoxy groups -OCH3 is 1. The van der Waals surface area contributed by atoms with Crippen molar-refractivity contribution in [2.24, 2.45) is 0 Å². The third kappa shape index (κ3) is 4.57. The smallest absolute Gasteiger partial charge is 0.416 e. The van der Waals surface area contributed by atoms with Gasteiger partial charge in [0, 0.05) is 18.1 Å². The Morgan fingerprint density at radius 1 is 0.970 bits per heavy atom. The van der Waals surface area contributed by atoms with E-state index >= 15 is 0 Å². The molecule has 4 rings (SSSR count). The predicted octanol–water partition coefficient (Wildman–Crippen LogP) is 4.50. The summed E-state index contributed by atoms with van der Waals surface area (Å²) in [6.45, 7) is -0.00634. The van der Waals surface area contributed by atoms with Gasteiger partial charge in [0.25, 0.3) is 11.8 Å². The van der Waals surface area contributed by atoms with Gasteiger partial charge >= 0.3 is 6.18 Å². The summed E-state index contributed by atoms with van der Waals surface area (Å²) in [7, 11) is 1.50. The van der Waals surface area contributed by atoms with Crippen molar-refractivity contribution in [2.75, 3.05) is 12.4 Å². The van der Waals surface area contributed by atoms with Crippen LogP contribution < -0.4 is 10.1 Å². The number of ether oxygens (including phenoxy) is 1. The van der Waals surface area contributed by atoms with E-state index in [-0.39, 0.29) is 23.5 Å². The Bertz CT molecular complexity index is 1220. The number of carbonyl (C=O) groups is 2. The molecular weight excluding hydrogens is 435 g/mol. The number of aromatic nitrogens is 1. The van der Waals surface area contributed by atoms with Crippen molar-refractivity contribution in [1.82, 2.24) is 9.88 Å². The molecule has 6 nitrogen and oxygen atoms in total. The van der Waals surface area contributed by atoms with Crippen LogP contribution in [-0.2, 0) is 22.3 Å². The van der Waals surface area contributed by atoms with E-state index in [0.29, 0.717) is 16.9 Å². The van der Waals surface area contributed by atoms with Gasteiger partial charge in [-0.15, -0.1) is 0 Å². The number of hydrogen-bond acceptors (Lipinski definition) is 5. The topological polar surface area (TPSA) is 71.5 Å². The van der Waals surface area contributed by atoms with Crippen molar-refractivity contribution in [3.8, 4) is 5.75 Å². The number of halogens is 3. The van der Waals surface area contributed by atoms with E-state index in [1.165, 1.54) is 19.2 Å². The highest BCUT2D eigenvalue weighted by Gasteiger charge is 2.39. The molecule has 0 radical (unpaired) electrons. The number of anilines is 1. The molecule has 0 fully saturated rings. The maximum atomic E-state index is 13.3. The minimum atomic E-state index is -4.55. The van der Waals surface area contributed by atoms with E-state index in [1.807, 2.05) is 0 Å². The first-order chi connectivity index (χ1) is 15.8. The van der Waals surface area contributed by atoms with E-state index in [2.05, 4.69) is 10.3 Å². The number of hydrogen-bond donors (Lipinski definition) is 1. The molecule has 0 spiro atoms. The normalized spacial score (nSPS) is 14.1. The molecule has 2 heterocycles. The van der Waals surface area contributed by atoms with Crippen LogP contribution in [0, 0.1) is 0 Å². The standard InChI is InChI=1S/C24H18F3N3O3/c1-33-19-7-5-16(6-8-19)20-21(29-18-4-2-3-17(13-18)24(25,26)27)23(32)30(22(20)31)14-15-9-11-28-12-10-15/h2-13,29H,14H2,1H3. The van der Waals surface area contributed by atoms with Crippen LogP contribution in [0.1, 0.15) is 16.7 Å². The Labute approximate surface area is 187 Å². The second kappa shape index (κ2) is 8.78. The summed E-state index contributed by atoms with van der Waals surface area (Å²) in [5.74, 6) is -0.645. The number of pyridine rings is 1. The summed E-state index contributed by atoms with van der Waals surface area (Å²) in [5, 5.41) is 2.75. The fourth-order valence-corrected chi connectivity index (χ4v) is 3.45. The summed E-state index contributed by atoms with van der Waals surface area (Å²) in [6, 6.07) is 14.3. The van der Waals surface area contributed by atoms with Crippen LogP contribution in [0.5, 0.6) is 5.75 Å². The molecule has 0 saturated carbocycles. The number of imide groups is 1. The van der Waals surface area contributed by atoms with Crippen LogP contribution in [-0.4, -0.2) is 28.8 Å². The average molecular weight is 453 g/mol. The molecule has 0 unspecified atom stereocenters. The van der Waals surface area contributed by atoms with E-state index < -0.39 is 23.6 Å². The number of alkyl halides is 3. The zero-order chi connectivity index (χ0) is 23.6. The third-order valence-corrected chi connectivity index (χ3v) is 5.10.